The van der Waals surface area contributed by atoms with E-state index < -0.39 is 5.97 Å². The molecule has 0 aliphatic heterocycles. The number of hydrogen-bond acceptors (Lipinski definition) is 3. The summed E-state index contributed by atoms with van der Waals surface area (Å²) >= 11 is 5.86. The van der Waals surface area contributed by atoms with Gasteiger partial charge in [-0.3, -0.25) is 0 Å². The van der Waals surface area contributed by atoms with E-state index in [0.717, 1.165) is 12.8 Å². The number of anilines is 1. The molecule has 0 aliphatic rings. The van der Waals surface area contributed by atoms with Crippen molar-refractivity contribution in [3.05, 3.63) is 28.8 Å². The summed E-state index contributed by atoms with van der Waals surface area (Å²) in [4.78, 5) is 13.3. The van der Waals surface area contributed by atoms with Gasteiger partial charge in [-0.2, -0.15) is 0 Å². The summed E-state index contributed by atoms with van der Waals surface area (Å²) in [6.45, 7) is 4.50. The molecule has 0 spiro atoms. The molecule has 0 aliphatic carbocycles. The monoisotopic (exact) mass is 285 g/mol. The lowest BCUT2D eigenvalue weighted by atomic mass is 10.1. The zero-order valence-electron chi connectivity index (χ0n) is 11.3. The second-order valence-corrected chi connectivity index (χ2v) is 4.79. The molecule has 0 fully saturated rings. The average molecular weight is 286 g/mol. The number of halogens is 1. The van der Waals surface area contributed by atoms with Crippen LogP contribution in [-0.4, -0.2) is 35.4 Å². The normalized spacial score (nSPS) is 10.8. The molecular formula is C14H20ClNO3. The summed E-state index contributed by atoms with van der Waals surface area (Å²) < 4.78 is 0. The first-order valence-corrected chi connectivity index (χ1v) is 6.83. The Bertz CT molecular complexity index is 433. The van der Waals surface area contributed by atoms with Crippen LogP contribution in [0.3, 0.4) is 0 Å². The van der Waals surface area contributed by atoms with Crippen molar-refractivity contribution in [1.82, 2.24) is 0 Å². The van der Waals surface area contributed by atoms with Crippen LogP contribution in [0.4, 0.5) is 5.69 Å². The Balaban J connectivity index is 3.25. The van der Waals surface area contributed by atoms with Crippen molar-refractivity contribution < 1.29 is 15.0 Å². The Kier molecular flexibility index (Phi) is 6.12. The van der Waals surface area contributed by atoms with Crippen molar-refractivity contribution in [3.63, 3.8) is 0 Å². The van der Waals surface area contributed by atoms with E-state index in [9.17, 15) is 15.0 Å². The van der Waals surface area contributed by atoms with E-state index in [1.165, 1.54) is 6.07 Å². The lowest BCUT2D eigenvalue weighted by Gasteiger charge is -2.33. The number of carbonyl (C=O) groups is 1. The minimum absolute atomic E-state index is 0.0157. The van der Waals surface area contributed by atoms with Crippen LogP contribution in [0.15, 0.2) is 18.2 Å². The van der Waals surface area contributed by atoms with Gasteiger partial charge in [0.15, 0.2) is 0 Å². The lowest BCUT2D eigenvalue weighted by molar-refractivity contribution is 0.0697. The quantitative estimate of drug-likeness (QED) is 0.808. The molecule has 0 atom stereocenters. The number of hydrogen-bond donors (Lipinski definition) is 2. The summed E-state index contributed by atoms with van der Waals surface area (Å²) in [6.07, 6.45) is 1.77. The van der Waals surface area contributed by atoms with E-state index in [-0.39, 0.29) is 18.2 Å². The number of aliphatic hydroxyl groups is 1. The Morgan fingerprint density at radius 2 is 2.00 bits per heavy atom. The zero-order chi connectivity index (χ0) is 14.4. The fourth-order valence-corrected chi connectivity index (χ4v) is 2.44. The number of aliphatic hydroxyl groups excluding tert-OH is 1. The van der Waals surface area contributed by atoms with E-state index in [0.29, 0.717) is 17.3 Å². The highest BCUT2D eigenvalue weighted by atomic mass is 35.5. The third-order valence-corrected chi connectivity index (χ3v) is 3.46. The van der Waals surface area contributed by atoms with Crippen molar-refractivity contribution in [2.24, 2.45) is 0 Å². The highest BCUT2D eigenvalue weighted by molar-refractivity contribution is 6.31. The number of benzene rings is 1. The first kappa shape index (κ1) is 15.8. The highest BCUT2D eigenvalue weighted by Gasteiger charge is 2.21. The third-order valence-electron chi connectivity index (χ3n) is 3.22. The Morgan fingerprint density at radius 1 is 1.37 bits per heavy atom. The molecule has 0 bridgehead atoms. The number of rotatable bonds is 7. The molecule has 4 nitrogen and oxygen atoms in total. The van der Waals surface area contributed by atoms with Gasteiger partial charge in [-0.25, -0.2) is 4.79 Å². The van der Waals surface area contributed by atoms with Crippen LogP contribution < -0.4 is 4.90 Å². The molecule has 0 heterocycles. The Labute approximate surface area is 118 Å². The molecule has 106 valence electrons. The first-order chi connectivity index (χ1) is 9.04. The van der Waals surface area contributed by atoms with E-state index in [2.05, 4.69) is 13.8 Å². The largest absolute Gasteiger partial charge is 0.478 e. The molecule has 5 heteroatoms. The highest BCUT2D eigenvalue weighted by Crippen LogP contribution is 2.27. The van der Waals surface area contributed by atoms with Crippen molar-refractivity contribution in [3.8, 4) is 0 Å². The number of nitrogens with zero attached hydrogens (tertiary/aromatic N) is 1. The molecule has 19 heavy (non-hydrogen) atoms. The van der Waals surface area contributed by atoms with Crippen LogP contribution >= 0.6 is 11.6 Å². The molecule has 0 saturated heterocycles. The minimum atomic E-state index is -1.01. The molecule has 1 aromatic carbocycles. The summed E-state index contributed by atoms with van der Waals surface area (Å²) in [5.41, 5.74) is 0.785. The average Bonchev–Trinajstić information content (AvgIpc) is 2.39. The van der Waals surface area contributed by atoms with E-state index in [1.54, 1.807) is 12.1 Å². The minimum Gasteiger partial charge on any atom is -0.478 e. The van der Waals surface area contributed by atoms with Crippen molar-refractivity contribution in [2.45, 2.75) is 32.7 Å². The van der Waals surface area contributed by atoms with Crippen LogP contribution in [0.1, 0.15) is 37.0 Å². The summed E-state index contributed by atoms with van der Waals surface area (Å²) in [7, 11) is 0. The molecule has 0 radical (unpaired) electrons. The van der Waals surface area contributed by atoms with Crippen molar-refractivity contribution in [1.29, 1.82) is 0 Å². The van der Waals surface area contributed by atoms with Gasteiger partial charge in [0.1, 0.15) is 0 Å². The standard InChI is InChI=1S/C14H20ClNO3/c1-3-11(4-2)16(7-8-17)13-6-5-10(15)9-12(13)14(18)19/h5-6,9,11,17H,3-4,7-8H2,1-2H3,(H,18,19). The predicted molar refractivity (Wildman–Crippen MR) is 77.2 cm³/mol. The predicted octanol–water partition coefficient (Wildman–Crippen LogP) is 3.03. The van der Waals surface area contributed by atoms with Gasteiger partial charge in [-0.1, -0.05) is 25.4 Å². The van der Waals surface area contributed by atoms with E-state index in [4.69, 9.17) is 11.6 Å². The summed E-state index contributed by atoms with van der Waals surface area (Å²) in [5, 5.41) is 18.9. The van der Waals surface area contributed by atoms with Gasteiger partial charge >= 0.3 is 5.97 Å². The van der Waals surface area contributed by atoms with Crippen LogP contribution in [0.5, 0.6) is 0 Å². The van der Waals surface area contributed by atoms with Gasteiger partial charge in [0.25, 0.3) is 0 Å². The molecular weight excluding hydrogens is 266 g/mol. The van der Waals surface area contributed by atoms with Crippen molar-refractivity contribution in [2.75, 3.05) is 18.1 Å². The smallest absolute Gasteiger partial charge is 0.337 e. The molecule has 0 aromatic heterocycles. The number of carboxylic acid groups (broad SMARTS) is 1. The van der Waals surface area contributed by atoms with Gasteiger partial charge < -0.3 is 15.1 Å². The fraction of sp³-hybridized carbons (Fsp3) is 0.500. The van der Waals surface area contributed by atoms with Gasteiger partial charge in [0, 0.05) is 17.6 Å². The maximum atomic E-state index is 11.3. The van der Waals surface area contributed by atoms with Crippen LogP contribution in [0, 0.1) is 0 Å². The van der Waals surface area contributed by atoms with E-state index in [1.807, 2.05) is 4.90 Å². The molecule has 0 saturated carbocycles. The van der Waals surface area contributed by atoms with Crippen molar-refractivity contribution >= 4 is 23.3 Å². The van der Waals surface area contributed by atoms with Crippen LogP contribution in [0.2, 0.25) is 5.02 Å². The fourth-order valence-electron chi connectivity index (χ4n) is 2.27. The number of aromatic carboxylic acids is 1. The Morgan fingerprint density at radius 3 is 2.47 bits per heavy atom. The third kappa shape index (κ3) is 3.85. The SMILES string of the molecule is CCC(CC)N(CCO)c1ccc(Cl)cc1C(=O)O. The van der Waals surface area contributed by atoms with Gasteiger partial charge in [-0.15, -0.1) is 0 Å². The lowest BCUT2D eigenvalue weighted by Crippen LogP contribution is -2.37. The van der Waals surface area contributed by atoms with Gasteiger partial charge in [0.05, 0.1) is 17.9 Å². The summed E-state index contributed by atoms with van der Waals surface area (Å²) in [6, 6.07) is 5.04. The summed E-state index contributed by atoms with van der Waals surface area (Å²) in [5.74, 6) is -1.01. The second kappa shape index (κ2) is 7.36. The van der Waals surface area contributed by atoms with E-state index >= 15 is 0 Å². The van der Waals surface area contributed by atoms with Crippen LogP contribution in [-0.2, 0) is 0 Å². The first-order valence-electron chi connectivity index (χ1n) is 6.45. The molecule has 0 unspecified atom stereocenters. The van der Waals surface area contributed by atoms with Gasteiger partial charge in [-0.05, 0) is 31.0 Å². The molecule has 0 amide bonds. The molecule has 2 N–H and O–H groups in total. The molecule has 1 aromatic rings. The Hall–Kier alpha value is -1.26. The maximum Gasteiger partial charge on any atom is 0.337 e. The number of carboxylic acids is 1. The van der Waals surface area contributed by atoms with Crippen LogP contribution in [0.25, 0.3) is 0 Å². The topological polar surface area (TPSA) is 60.8 Å². The van der Waals surface area contributed by atoms with Gasteiger partial charge in [0.2, 0.25) is 0 Å². The zero-order valence-corrected chi connectivity index (χ0v) is 12.0. The second-order valence-electron chi connectivity index (χ2n) is 4.35. The maximum absolute atomic E-state index is 11.3. The molecule has 1 rings (SSSR count).